The van der Waals surface area contributed by atoms with Crippen molar-refractivity contribution in [3.8, 4) is 0 Å². The van der Waals surface area contributed by atoms with Gasteiger partial charge < -0.3 is 5.11 Å². The number of Topliss-reactive ketones (excluding diaryl/α,β-unsaturated/α-hetero) is 1. The van der Waals surface area contributed by atoms with Crippen molar-refractivity contribution in [2.45, 2.75) is 31.7 Å². The van der Waals surface area contributed by atoms with Crippen molar-refractivity contribution in [1.29, 1.82) is 0 Å². The van der Waals surface area contributed by atoms with Crippen LogP contribution in [0.3, 0.4) is 0 Å². The van der Waals surface area contributed by atoms with Gasteiger partial charge in [-0.3, -0.25) is 19.5 Å². The number of aliphatic hydroxyl groups is 1. The Labute approximate surface area is 195 Å². The van der Waals surface area contributed by atoms with Crippen LogP contribution in [-0.4, -0.2) is 21.8 Å². The Balaban J connectivity index is 1.69. The number of halogens is 2. The summed E-state index contributed by atoms with van der Waals surface area (Å²) < 4.78 is 13.8. The van der Waals surface area contributed by atoms with Gasteiger partial charge in [0.05, 0.1) is 16.6 Å². The number of hydrogen-bond acceptors (Lipinski definition) is 4. The van der Waals surface area contributed by atoms with Gasteiger partial charge in [0.1, 0.15) is 11.6 Å². The standard InChI is InChI=1S/C26H20ClFN2O3/c27-20-14-19(7-8-21(20)28)30-23(16-9-11-29-12-10-16)22(25(32)26(30)33)24(31)18-6-5-15-3-1-2-4-17(15)13-18/h5-14,23,31H,1-4H2/b24-22-. The van der Waals surface area contributed by atoms with Crippen molar-refractivity contribution in [3.63, 3.8) is 0 Å². The summed E-state index contributed by atoms with van der Waals surface area (Å²) >= 11 is 5.96. The van der Waals surface area contributed by atoms with Crippen LogP contribution in [-0.2, 0) is 22.4 Å². The molecule has 2 aliphatic rings. The molecular weight excluding hydrogens is 443 g/mol. The highest BCUT2D eigenvalue weighted by atomic mass is 35.5. The van der Waals surface area contributed by atoms with E-state index in [1.807, 2.05) is 12.1 Å². The van der Waals surface area contributed by atoms with Gasteiger partial charge in [-0.1, -0.05) is 23.7 Å². The summed E-state index contributed by atoms with van der Waals surface area (Å²) in [4.78, 5) is 31.6. The maximum Gasteiger partial charge on any atom is 0.300 e. The Morgan fingerprint density at radius 2 is 1.73 bits per heavy atom. The lowest BCUT2D eigenvalue weighted by Crippen LogP contribution is -2.29. The number of ketones is 1. The van der Waals surface area contributed by atoms with Crippen molar-refractivity contribution < 1.29 is 19.1 Å². The summed E-state index contributed by atoms with van der Waals surface area (Å²) in [6.45, 7) is 0. The van der Waals surface area contributed by atoms with Gasteiger partial charge in [-0.25, -0.2) is 4.39 Å². The highest BCUT2D eigenvalue weighted by Crippen LogP contribution is 2.43. The fourth-order valence-electron chi connectivity index (χ4n) is 4.63. The zero-order chi connectivity index (χ0) is 23.1. The molecule has 166 valence electrons. The van der Waals surface area contributed by atoms with E-state index >= 15 is 0 Å². The van der Waals surface area contributed by atoms with E-state index in [-0.39, 0.29) is 22.0 Å². The van der Waals surface area contributed by atoms with Gasteiger partial charge in [0.25, 0.3) is 11.7 Å². The predicted molar refractivity (Wildman–Crippen MR) is 124 cm³/mol. The average molecular weight is 463 g/mol. The highest BCUT2D eigenvalue weighted by Gasteiger charge is 2.47. The lowest BCUT2D eigenvalue weighted by molar-refractivity contribution is -0.132. The normalized spacial score (nSPS) is 19.6. The minimum Gasteiger partial charge on any atom is -0.507 e. The maximum atomic E-state index is 13.8. The number of carbonyl (C=O) groups excluding carboxylic acids is 2. The molecule has 0 bridgehead atoms. The molecular formula is C26H20ClFN2O3. The van der Waals surface area contributed by atoms with Crippen molar-refractivity contribution in [2.75, 3.05) is 4.90 Å². The monoisotopic (exact) mass is 462 g/mol. The molecule has 1 aliphatic carbocycles. The van der Waals surface area contributed by atoms with Crippen molar-refractivity contribution in [3.05, 3.63) is 99.6 Å². The molecule has 0 radical (unpaired) electrons. The largest absolute Gasteiger partial charge is 0.507 e. The number of benzene rings is 2. The van der Waals surface area contributed by atoms with Gasteiger partial charge in [0.15, 0.2) is 0 Å². The second-order valence-corrected chi connectivity index (χ2v) is 8.65. The van der Waals surface area contributed by atoms with Crippen LogP contribution < -0.4 is 4.90 Å². The van der Waals surface area contributed by atoms with Gasteiger partial charge >= 0.3 is 0 Å². The third-order valence-corrected chi connectivity index (χ3v) is 6.56. The number of amides is 1. The first-order chi connectivity index (χ1) is 16.0. The number of nitrogens with zero attached hydrogens (tertiary/aromatic N) is 2. The number of carbonyl (C=O) groups is 2. The summed E-state index contributed by atoms with van der Waals surface area (Å²) in [5, 5.41) is 11.1. The molecule has 2 aromatic carbocycles. The van der Waals surface area contributed by atoms with Crippen molar-refractivity contribution in [1.82, 2.24) is 4.98 Å². The van der Waals surface area contributed by atoms with E-state index in [0.29, 0.717) is 11.1 Å². The molecule has 1 fully saturated rings. The van der Waals surface area contributed by atoms with E-state index in [9.17, 15) is 19.1 Å². The third-order valence-electron chi connectivity index (χ3n) is 6.27. The number of aromatic nitrogens is 1. The fourth-order valence-corrected chi connectivity index (χ4v) is 4.81. The lowest BCUT2D eigenvalue weighted by atomic mass is 9.89. The molecule has 1 aliphatic heterocycles. The molecule has 0 saturated carbocycles. The first kappa shape index (κ1) is 21.3. The molecule has 5 nitrogen and oxygen atoms in total. The smallest absolute Gasteiger partial charge is 0.300 e. The van der Waals surface area contributed by atoms with Gasteiger partial charge in [-0.05, 0) is 78.8 Å². The Kier molecular flexibility index (Phi) is 5.46. The van der Waals surface area contributed by atoms with E-state index in [2.05, 4.69) is 4.98 Å². The first-order valence-corrected chi connectivity index (χ1v) is 11.1. The molecule has 1 saturated heterocycles. The number of aryl methyl sites for hydroxylation is 2. The van der Waals surface area contributed by atoms with Gasteiger partial charge in [-0.15, -0.1) is 0 Å². The zero-order valence-corrected chi connectivity index (χ0v) is 18.3. The predicted octanol–water partition coefficient (Wildman–Crippen LogP) is 5.38. The van der Waals surface area contributed by atoms with Crippen molar-refractivity contribution in [2.24, 2.45) is 0 Å². The fraction of sp³-hybridized carbons (Fsp3) is 0.192. The van der Waals surface area contributed by atoms with E-state index in [0.717, 1.165) is 37.3 Å². The van der Waals surface area contributed by atoms with Gasteiger partial charge in [0, 0.05) is 23.6 Å². The van der Waals surface area contributed by atoms with Crippen LogP contribution in [0.1, 0.15) is 41.1 Å². The minimum atomic E-state index is -0.912. The molecule has 5 rings (SSSR count). The summed E-state index contributed by atoms with van der Waals surface area (Å²) in [5.74, 6) is -2.50. The Morgan fingerprint density at radius 3 is 2.45 bits per heavy atom. The second kappa shape index (κ2) is 8.45. The first-order valence-electron chi connectivity index (χ1n) is 10.7. The molecule has 1 amide bonds. The molecule has 2 heterocycles. The summed E-state index contributed by atoms with van der Waals surface area (Å²) in [6.07, 6.45) is 7.20. The topological polar surface area (TPSA) is 70.5 Å². The number of anilines is 1. The van der Waals surface area contributed by atoms with Crippen LogP contribution in [0, 0.1) is 5.82 Å². The number of hydrogen-bond donors (Lipinski definition) is 1. The average Bonchev–Trinajstić information content (AvgIpc) is 3.11. The maximum absolute atomic E-state index is 13.8. The SMILES string of the molecule is O=C1C(=O)N(c2ccc(F)c(Cl)c2)C(c2ccncc2)/C1=C(/O)c1ccc2c(c1)CCCC2. The summed E-state index contributed by atoms with van der Waals surface area (Å²) in [6, 6.07) is 11.9. The summed E-state index contributed by atoms with van der Waals surface area (Å²) in [7, 11) is 0. The second-order valence-electron chi connectivity index (χ2n) is 8.24. The molecule has 1 aromatic heterocycles. The quantitative estimate of drug-likeness (QED) is 0.322. The number of pyridine rings is 1. The van der Waals surface area contributed by atoms with Crippen molar-refractivity contribution >= 4 is 34.7 Å². The van der Waals surface area contributed by atoms with E-state index in [1.54, 1.807) is 30.6 Å². The van der Waals surface area contributed by atoms with Crippen LogP contribution in [0.25, 0.3) is 5.76 Å². The molecule has 7 heteroatoms. The van der Waals surface area contributed by atoms with E-state index < -0.39 is 23.5 Å². The Bertz CT molecular complexity index is 1310. The minimum absolute atomic E-state index is 0.0255. The molecule has 1 atom stereocenters. The number of rotatable bonds is 3. The number of aliphatic hydroxyl groups excluding tert-OH is 1. The lowest BCUT2D eigenvalue weighted by Gasteiger charge is -2.25. The molecule has 3 aromatic rings. The van der Waals surface area contributed by atoms with Gasteiger partial charge in [-0.2, -0.15) is 0 Å². The zero-order valence-electron chi connectivity index (χ0n) is 17.6. The summed E-state index contributed by atoms with van der Waals surface area (Å²) in [5.41, 5.74) is 3.70. The van der Waals surface area contributed by atoms with E-state index in [4.69, 9.17) is 11.6 Å². The molecule has 33 heavy (non-hydrogen) atoms. The molecule has 1 unspecified atom stereocenters. The van der Waals surface area contributed by atoms with Crippen LogP contribution in [0.2, 0.25) is 5.02 Å². The Morgan fingerprint density at radius 1 is 1.00 bits per heavy atom. The third kappa shape index (κ3) is 3.70. The molecule has 0 spiro atoms. The van der Waals surface area contributed by atoms with Crippen LogP contribution in [0.5, 0.6) is 0 Å². The van der Waals surface area contributed by atoms with Crippen LogP contribution in [0.15, 0.2) is 66.5 Å². The Hall–Kier alpha value is -3.51. The number of fused-ring (bicyclic) bond motifs is 1. The van der Waals surface area contributed by atoms with Gasteiger partial charge in [0.2, 0.25) is 0 Å². The molecule has 1 N–H and O–H groups in total. The van der Waals surface area contributed by atoms with E-state index in [1.165, 1.54) is 22.6 Å². The van der Waals surface area contributed by atoms with Crippen LogP contribution in [0.4, 0.5) is 10.1 Å². The highest BCUT2D eigenvalue weighted by molar-refractivity contribution is 6.51. The van der Waals surface area contributed by atoms with Crippen LogP contribution >= 0.6 is 11.6 Å².